The van der Waals surface area contributed by atoms with Gasteiger partial charge >= 0.3 is 0 Å². The minimum absolute atomic E-state index is 0.486. The van der Waals surface area contributed by atoms with Crippen molar-refractivity contribution in [2.75, 3.05) is 82.8 Å². The second kappa shape index (κ2) is 14.7. The van der Waals surface area contributed by atoms with E-state index in [-0.39, 0.29) is 0 Å². The third-order valence-electron chi connectivity index (χ3n) is 7.20. The van der Waals surface area contributed by atoms with E-state index >= 15 is 0 Å². The van der Waals surface area contributed by atoms with Crippen LogP contribution in [0.15, 0.2) is 18.8 Å². The minimum Gasteiger partial charge on any atom is -0.377 e. The molecule has 3 heterocycles. The van der Waals surface area contributed by atoms with E-state index in [1.807, 2.05) is 32.3 Å². The number of hydrogen-bond acceptors (Lipinski definition) is 10. The molecular formula is C27H44N8OS. The predicted octanol–water partition coefficient (Wildman–Crippen LogP) is 3.62. The van der Waals surface area contributed by atoms with Crippen molar-refractivity contribution < 1.29 is 4.74 Å². The van der Waals surface area contributed by atoms with E-state index in [0.717, 1.165) is 93.0 Å². The molecule has 0 bridgehead atoms. The third kappa shape index (κ3) is 9.00. The highest BCUT2D eigenvalue weighted by Crippen LogP contribution is 2.25. The van der Waals surface area contributed by atoms with Crippen molar-refractivity contribution >= 4 is 34.2 Å². The molecule has 2 fully saturated rings. The fraction of sp³-hybridized carbons (Fsp3) is 0.667. The lowest BCUT2D eigenvalue weighted by Gasteiger charge is -2.36. The van der Waals surface area contributed by atoms with Crippen LogP contribution in [0.4, 0.5) is 16.8 Å². The van der Waals surface area contributed by atoms with Gasteiger partial charge in [-0.05, 0) is 26.8 Å². The average Bonchev–Trinajstić information content (AvgIpc) is 3.38. The van der Waals surface area contributed by atoms with Crippen molar-refractivity contribution in [1.82, 2.24) is 30.1 Å². The normalized spacial score (nSPS) is 17.4. The fourth-order valence-electron chi connectivity index (χ4n) is 5.00. The molecule has 0 spiro atoms. The van der Waals surface area contributed by atoms with E-state index < -0.39 is 0 Å². The lowest BCUT2D eigenvalue weighted by Crippen LogP contribution is -2.49. The van der Waals surface area contributed by atoms with Gasteiger partial charge in [0.05, 0.1) is 12.7 Å². The largest absolute Gasteiger partial charge is 0.377 e. The average molecular weight is 529 g/mol. The SMILES string of the molecule is C=Cc1cnc(Nc2cc(N3CCN(CCN(CCNC)CCOC4CCCCC4)CC3)nc(C)n2)s1. The summed E-state index contributed by atoms with van der Waals surface area (Å²) < 4.78 is 6.20. The highest BCUT2D eigenvalue weighted by molar-refractivity contribution is 7.16. The van der Waals surface area contributed by atoms with Gasteiger partial charge in [-0.1, -0.05) is 43.3 Å². The van der Waals surface area contributed by atoms with E-state index in [1.54, 1.807) is 11.3 Å². The van der Waals surface area contributed by atoms with Crippen molar-refractivity contribution in [3.63, 3.8) is 0 Å². The molecule has 1 saturated heterocycles. The molecule has 0 amide bonds. The standard InChI is InChI=1S/C27H44N8OS/c1-4-24-21-29-27(37-24)32-25-20-26(31-22(2)30-25)35-16-14-34(15-17-35)13-12-33(11-10-28-3)18-19-36-23-8-6-5-7-9-23/h4,20-21,23,28H,1,5-19H2,2-3H3,(H,29,30,31,32). The Morgan fingerprint density at radius 1 is 1.14 bits per heavy atom. The first kappa shape index (κ1) is 27.9. The number of nitrogens with one attached hydrogen (secondary N) is 2. The second-order valence-corrected chi connectivity index (χ2v) is 11.0. The van der Waals surface area contributed by atoms with Crippen LogP contribution < -0.4 is 15.5 Å². The van der Waals surface area contributed by atoms with E-state index in [1.165, 1.54) is 32.1 Å². The molecule has 204 valence electrons. The topological polar surface area (TPSA) is 81.7 Å². The van der Waals surface area contributed by atoms with E-state index in [9.17, 15) is 0 Å². The number of thiazole rings is 1. The summed E-state index contributed by atoms with van der Waals surface area (Å²) in [6.45, 7) is 15.9. The number of hydrogen-bond donors (Lipinski definition) is 2. The van der Waals surface area contributed by atoms with Crippen LogP contribution in [0.1, 0.15) is 42.8 Å². The maximum absolute atomic E-state index is 6.20. The first-order valence-electron chi connectivity index (χ1n) is 13.8. The highest BCUT2D eigenvalue weighted by atomic mass is 32.1. The molecule has 0 atom stereocenters. The lowest BCUT2D eigenvalue weighted by molar-refractivity contribution is 0.0152. The summed E-state index contributed by atoms with van der Waals surface area (Å²) in [6, 6.07) is 2.03. The highest BCUT2D eigenvalue weighted by Gasteiger charge is 2.20. The Morgan fingerprint density at radius 3 is 2.68 bits per heavy atom. The van der Waals surface area contributed by atoms with Crippen LogP contribution in [0.25, 0.3) is 6.08 Å². The van der Waals surface area contributed by atoms with Gasteiger partial charge < -0.3 is 20.3 Å². The first-order valence-corrected chi connectivity index (χ1v) is 14.6. The number of rotatable bonds is 14. The molecule has 37 heavy (non-hydrogen) atoms. The molecular weight excluding hydrogens is 484 g/mol. The van der Waals surface area contributed by atoms with Gasteiger partial charge in [0.1, 0.15) is 17.5 Å². The molecule has 0 aromatic carbocycles. The lowest BCUT2D eigenvalue weighted by atomic mass is 9.98. The van der Waals surface area contributed by atoms with E-state index in [2.05, 4.69) is 41.9 Å². The molecule has 1 aliphatic carbocycles. The third-order valence-corrected chi connectivity index (χ3v) is 8.11. The van der Waals surface area contributed by atoms with E-state index in [4.69, 9.17) is 9.72 Å². The number of ether oxygens (including phenoxy) is 1. The van der Waals surface area contributed by atoms with Gasteiger partial charge in [-0.25, -0.2) is 15.0 Å². The van der Waals surface area contributed by atoms with Crippen molar-refractivity contribution in [3.8, 4) is 0 Å². The maximum Gasteiger partial charge on any atom is 0.188 e. The van der Waals surface area contributed by atoms with Crippen LogP contribution in [0.2, 0.25) is 0 Å². The molecule has 0 radical (unpaired) electrons. The summed E-state index contributed by atoms with van der Waals surface area (Å²) >= 11 is 1.56. The van der Waals surface area contributed by atoms with Crippen molar-refractivity contribution in [3.05, 3.63) is 29.5 Å². The quantitative estimate of drug-likeness (QED) is 0.382. The number of aryl methyl sites for hydroxylation is 1. The van der Waals surface area contributed by atoms with Crippen LogP contribution in [0.5, 0.6) is 0 Å². The van der Waals surface area contributed by atoms with Crippen LogP contribution in [-0.4, -0.2) is 103 Å². The van der Waals surface area contributed by atoms with Gasteiger partial charge in [-0.15, -0.1) is 0 Å². The molecule has 0 unspecified atom stereocenters. The van der Waals surface area contributed by atoms with E-state index in [0.29, 0.717) is 6.10 Å². The Balaban J connectivity index is 1.22. The number of nitrogens with zero attached hydrogens (tertiary/aromatic N) is 6. The predicted molar refractivity (Wildman–Crippen MR) is 154 cm³/mol. The Kier molecular flexibility index (Phi) is 11.1. The maximum atomic E-state index is 6.20. The van der Waals surface area contributed by atoms with Crippen molar-refractivity contribution in [2.24, 2.45) is 0 Å². The molecule has 1 saturated carbocycles. The van der Waals surface area contributed by atoms with Gasteiger partial charge in [0.2, 0.25) is 0 Å². The molecule has 4 rings (SSSR count). The summed E-state index contributed by atoms with van der Waals surface area (Å²) in [5, 5.41) is 7.44. The van der Waals surface area contributed by atoms with Gasteiger partial charge in [-0.3, -0.25) is 9.80 Å². The number of aromatic nitrogens is 3. The summed E-state index contributed by atoms with van der Waals surface area (Å²) in [6.07, 6.45) is 10.6. The van der Waals surface area contributed by atoms with Gasteiger partial charge in [0.25, 0.3) is 0 Å². The summed E-state index contributed by atoms with van der Waals surface area (Å²) in [5.74, 6) is 2.52. The molecule has 2 aromatic rings. The summed E-state index contributed by atoms with van der Waals surface area (Å²) in [7, 11) is 2.03. The van der Waals surface area contributed by atoms with Crippen LogP contribution >= 0.6 is 11.3 Å². The number of likely N-dealkylation sites (N-methyl/N-ethyl adjacent to an activating group) is 1. The molecule has 2 N–H and O–H groups in total. The van der Waals surface area contributed by atoms with Crippen LogP contribution in [-0.2, 0) is 4.74 Å². The Bertz CT molecular complexity index is 956. The second-order valence-electron chi connectivity index (χ2n) is 9.96. The molecule has 2 aliphatic rings. The number of piperazine rings is 1. The van der Waals surface area contributed by atoms with Crippen LogP contribution in [0, 0.1) is 6.92 Å². The molecule has 2 aromatic heterocycles. The zero-order valence-corrected chi connectivity index (χ0v) is 23.4. The summed E-state index contributed by atoms with van der Waals surface area (Å²) in [5.41, 5.74) is 0. The number of anilines is 3. The minimum atomic E-state index is 0.486. The zero-order valence-electron chi connectivity index (χ0n) is 22.6. The monoisotopic (exact) mass is 528 g/mol. The Morgan fingerprint density at radius 2 is 1.95 bits per heavy atom. The molecule has 9 nitrogen and oxygen atoms in total. The summed E-state index contributed by atoms with van der Waals surface area (Å²) in [4.78, 5) is 22.2. The zero-order chi connectivity index (χ0) is 25.9. The molecule has 10 heteroatoms. The van der Waals surface area contributed by atoms with Crippen molar-refractivity contribution in [2.45, 2.75) is 45.1 Å². The smallest absolute Gasteiger partial charge is 0.188 e. The molecule has 1 aliphatic heterocycles. The van der Waals surface area contributed by atoms with Gasteiger partial charge in [0.15, 0.2) is 5.13 Å². The Hall–Kier alpha value is -2.11. The van der Waals surface area contributed by atoms with Crippen molar-refractivity contribution in [1.29, 1.82) is 0 Å². The fourth-order valence-corrected chi connectivity index (χ4v) is 5.67. The Labute approximate surface area is 226 Å². The van der Waals surface area contributed by atoms with Gasteiger partial charge in [0, 0.05) is 76.0 Å². The van der Waals surface area contributed by atoms with Gasteiger partial charge in [-0.2, -0.15) is 0 Å². The first-order chi connectivity index (χ1) is 18.1. The van der Waals surface area contributed by atoms with Crippen LogP contribution in [0.3, 0.4) is 0 Å².